The number of nitrogens with zero attached hydrogens (tertiary/aromatic N) is 2. The molecular formula is C23H27N3O4. The van der Waals surface area contributed by atoms with Crippen molar-refractivity contribution in [1.29, 1.82) is 0 Å². The lowest BCUT2D eigenvalue weighted by Crippen LogP contribution is -2.46. The number of hydrogen-bond acceptors (Lipinski definition) is 4. The van der Waals surface area contributed by atoms with Crippen molar-refractivity contribution in [2.75, 3.05) is 24.5 Å². The van der Waals surface area contributed by atoms with Crippen LogP contribution in [0.2, 0.25) is 0 Å². The smallest absolute Gasteiger partial charge is 0.287 e. The zero-order valence-electron chi connectivity index (χ0n) is 17.4. The molecule has 3 amide bonds. The molecule has 0 bridgehead atoms. The van der Waals surface area contributed by atoms with Gasteiger partial charge in [0.25, 0.3) is 11.8 Å². The van der Waals surface area contributed by atoms with Crippen LogP contribution in [-0.4, -0.2) is 48.3 Å². The second-order valence-corrected chi connectivity index (χ2v) is 7.94. The molecule has 7 nitrogen and oxygen atoms in total. The number of nitrogens with one attached hydrogen (secondary N) is 1. The molecule has 30 heavy (non-hydrogen) atoms. The number of hydrogen-bond donors (Lipinski definition) is 1. The molecule has 1 aromatic heterocycles. The molecule has 3 heterocycles. The summed E-state index contributed by atoms with van der Waals surface area (Å²) >= 11 is 0. The van der Waals surface area contributed by atoms with E-state index in [1.54, 1.807) is 24.0 Å². The first-order valence-corrected chi connectivity index (χ1v) is 10.6. The number of carbonyl (C=O) groups is 3. The monoisotopic (exact) mass is 409 g/mol. The quantitative estimate of drug-likeness (QED) is 0.842. The topological polar surface area (TPSA) is 82.9 Å². The molecule has 0 unspecified atom stereocenters. The third-order valence-electron chi connectivity index (χ3n) is 5.91. The molecule has 0 saturated carbocycles. The number of anilines is 1. The molecule has 2 aliphatic heterocycles. The molecule has 0 atom stereocenters. The Balaban J connectivity index is 1.34. The first kappa shape index (κ1) is 20.2. The second kappa shape index (κ2) is 8.34. The normalized spacial score (nSPS) is 16.5. The summed E-state index contributed by atoms with van der Waals surface area (Å²) in [6.45, 7) is 5.54. The fraction of sp³-hybridized carbons (Fsp3) is 0.435. The number of rotatable bonds is 4. The maximum atomic E-state index is 13.0. The number of likely N-dealkylation sites (tertiary alicyclic amines) is 1. The molecule has 0 aliphatic carbocycles. The van der Waals surface area contributed by atoms with Crippen molar-refractivity contribution in [1.82, 2.24) is 10.2 Å². The van der Waals surface area contributed by atoms with Crippen LogP contribution in [0.15, 0.2) is 34.7 Å². The zero-order chi connectivity index (χ0) is 21.3. The van der Waals surface area contributed by atoms with Gasteiger partial charge in [0.15, 0.2) is 5.76 Å². The van der Waals surface area contributed by atoms with E-state index in [1.807, 2.05) is 30.0 Å². The standard InChI is InChI=1S/C23H27N3O4/c1-3-21(27)26-13-8-16-14-17(5-6-19(16)26)23(29)25-11-9-18(10-12-25)24-22(28)20-7-4-15(2)30-20/h4-7,14,18H,3,8-13H2,1-2H3,(H,24,28). The van der Waals surface area contributed by atoms with Gasteiger partial charge in [0.2, 0.25) is 5.91 Å². The highest BCUT2D eigenvalue weighted by atomic mass is 16.3. The van der Waals surface area contributed by atoms with Crippen molar-refractivity contribution in [3.63, 3.8) is 0 Å². The molecular weight excluding hydrogens is 382 g/mol. The summed E-state index contributed by atoms with van der Waals surface area (Å²) in [4.78, 5) is 40.9. The Kier molecular flexibility index (Phi) is 5.61. The van der Waals surface area contributed by atoms with Gasteiger partial charge in [-0.3, -0.25) is 14.4 Å². The molecule has 158 valence electrons. The fourth-order valence-corrected chi connectivity index (χ4v) is 4.21. The van der Waals surface area contributed by atoms with Gasteiger partial charge in [-0.1, -0.05) is 6.92 Å². The Labute approximate surface area is 176 Å². The van der Waals surface area contributed by atoms with Crippen molar-refractivity contribution in [2.24, 2.45) is 0 Å². The summed E-state index contributed by atoms with van der Waals surface area (Å²) < 4.78 is 5.37. The SMILES string of the molecule is CCC(=O)N1CCc2cc(C(=O)N3CCC(NC(=O)c4ccc(C)o4)CC3)ccc21. The average Bonchev–Trinajstić information content (AvgIpc) is 3.39. The maximum Gasteiger partial charge on any atom is 0.287 e. The molecule has 4 rings (SSSR count). The fourth-order valence-electron chi connectivity index (χ4n) is 4.21. The highest BCUT2D eigenvalue weighted by Gasteiger charge is 2.28. The average molecular weight is 409 g/mol. The van der Waals surface area contributed by atoms with Gasteiger partial charge in [-0.15, -0.1) is 0 Å². The molecule has 1 fully saturated rings. The Morgan fingerprint density at radius 1 is 1.10 bits per heavy atom. The summed E-state index contributed by atoms with van der Waals surface area (Å²) in [5.41, 5.74) is 2.64. The van der Waals surface area contributed by atoms with Gasteiger partial charge in [0.05, 0.1) is 0 Å². The largest absolute Gasteiger partial charge is 0.456 e. The van der Waals surface area contributed by atoms with Crippen molar-refractivity contribution in [3.05, 3.63) is 53.0 Å². The second-order valence-electron chi connectivity index (χ2n) is 7.94. The van der Waals surface area contributed by atoms with E-state index in [0.717, 1.165) is 17.7 Å². The summed E-state index contributed by atoms with van der Waals surface area (Å²) in [6, 6.07) is 9.10. The van der Waals surface area contributed by atoms with Gasteiger partial charge in [-0.05, 0) is 62.1 Å². The number of piperidine rings is 1. The van der Waals surface area contributed by atoms with Gasteiger partial charge in [-0.2, -0.15) is 0 Å². The Morgan fingerprint density at radius 2 is 1.87 bits per heavy atom. The lowest BCUT2D eigenvalue weighted by molar-refractivity contribution is -0.118. The third-order valence-corrected chi connectivity index (χ3v) is 5.91. The van der Waals surface area contributed by atoms with Crippen LogP contribution in [0.5, 0.6) is 0 Å². The van der Waals surface area contributed by atoms with Crippen LogP contribution in [0.4, 0.5) is 5.69 Å². The molecule has 1 N–H and O–H groups in total. The van der Waals surface area contributed by atoms with Gasteiger partial charge < -0.3 is 19.5 Å². The highest BCUT2D eigenvalue weighted by Crippen LogP contribution is 2.30. The minimum atomic E-state index is -0.210. The minimum Gasteiger partial charge on any atom is -0.456 e. The summed E-state index contributed by atoms with van der Waals surface area (Å²) in [7, 11) is 0. The molecule has 1 saturated heterocycles. The summed E-state index contributed by atoms with van der Waals surface area (Å²) in [5, 5.41) is 2.99. The van der Waals surface area contributed by atoms with Crippen LogP contribution >= 0.6 is 0 Å². The number of fused-ring (bicyclic) bond motifs is 1. The van der Waals surface area contributed by atoms with Crippen LogP contribution in [0.3, 0.4) is 0 Å². The lowest BCUT2D eigenvalue weighted by atomic mass is 10.0. The minimum absolute atomic E-state index is 0.00417. The Bertz CT molecular complexity index is 973. The van der Waals surface area contributed by atoms with Crippen molar-refractivity contribution >= 4 is 23.4 Å². The number of aryl methyl sites for hydroxylation is 1. The van der Waals surface area contributed by atoms with E-state index in [2.05, 4.69) is 5.32 Å². The highest BCUT2D eigenvalue weighted by molar-refractivity contribution is 5.98. The molecule has 2 aromatic rings. The van der Waals surface area contributed by atoms with Crippen molar-refractivity contribution in [3.8, 4) is 0 Å². The van der Waals surface area contributed by atoms with Crippen LogP contribution in [0, 0.1) is 6.92 Å². The van der Waals surface area contributed by atoms with E-state index in [1.165, 1.54) is 0 Å². The molecule has 7 heteroatoms. The zero-order valence-corrected chi connectivity index (χ0v) is 17.4. The number of benzene rings is 1. The molecule has 2 aliphatic rings. The summed E-state index contributed by atoms with van der Waals surface area (Å²) in [5.74, 6) is 0.931. The van der Waals surface area contributed by atoms with Crippen LogP contribution in [0.25, 0.3) is 0 Å². The Morgan fingerprint density at radius 3 is 2.53 bits per heavy atom. The van der Waals surface area contributed by atoms with Crippen molar-refractivity contribution in [2.45, 2.75) is 45.6 Å². The van der Waals surface area contributed by atoms with E-state index in [0.29, 0.717) is 56.0 Å². The molecule has 0 spiro atoms. The Hall–Kier alpha value is -3.09. The van der Waals surface area contributed by atoms with E-state index >= 15 is 0 Å². The van der Waals surface area contributed by atoms with Gasteiger partial charge >= 0.3 is 0 Å². The van der Waals surface area contributed by atoms with E-state index in [-0.39, 0.29) is 23.8 Å². The third kappa shape index (κ3) is 3.97. The maximum absolute atomic E-state index is 13.0. The van der Waals surface area contributed by atoms with Gasteiger partial charge in [0, 0.05) is 43.3 Å². The van der Waals surface area contributed by atoms with E-state index in [4.69, 9.17) is 4.42 Å². The number of carbonyl (C=O) groups excluding carboxylic acids is 3. The lowest BCUT2D eigenvalue weighted by Gasteiger charge is -2.32. The van der Waals surface area contributed by atoms with Crippen LogP contribution < -0.4 is 10.2 Å². The van der Waals surface area contributed by atoms with E-state index in [9.17, 15) is 14.4 Å². The number of amides is 3. The predicted molar refractivity (Wildman–Crippen MR) is 113 cm³/mol. The van der Waals surface area contributed by atoms with Gasteiger partial charge in [-0.25, -0.2) is 0 Å². The van der Waals surface area contributed by atoms with Crippen molar-refractivity contribution < 1.29 is 18.8 Å². The van der Waals surface area contributed by atoms with Crippen LogP contribution in [-0.2, 0) is 11.2 Å². The van der Waals surface area contributed by atoms with Gasteiger partial charge in [0.1, 0.15) is 5.76 Å². The molecule has 0 radical (unpaired) electrons. The predicted octanol–water partition coefficient (Wildman–Crippen LogP) is 2.92. The summed E-state index contributed by atoms with van der Waals surface area (Å²) in [6.07, 6.45) is 2.68. The first-order valence-electron chi connectivity index (χ1n) is 10.6. The van der Waals surface area contributed by atoms with E-state index < -0.39 is 0 Å². The van der Waals surface area contributed by atoms with Crippen LogP contribution in [0.1, 0.15) is 58.4 Å². The molecule has 1 aromatic carbocycles. The first-order chi connectivity index (χ1) is 14.5. The number of furan rings is 1.